The number of aliphatic hydroxyl groups is 1. The van der Waals surface area contributed by atoms with Gasteiger partial charge in [-0.1, -0.05) is 30.2 Å². The van der Waals surface area contributed by atoms with Crippen LogP contribution < -0.4 is 0 Å². The fourth-order valence-corrected chi connectivity index (χ4v) is 3.96. The largest absolute Gasteiger partial charge is 0.393 e. The minimum absolute atomic E-state index is 0.0829. The van der Waals surface area contributed by atoms with Crippen LogP contribution in [0.15, 0.2) is 24.3 Å². The van der Waals surface area contributed by atoms with Gasteiger partial charge in [0.15, 0.2) is 0 Å². The molecule has 104 valence electrons. The third-order valence-electron chi connectivity index (χ3n) is 4.87. The van der Waals surface area contributed by atoms with E-state index in [1.54, 1.807) is 0 Å². The molecule has 0 bridgehead atoms. The normalized spacial score (nSPS) is 32.0. The van der Waals surface area contributed by atoms with E-state index in [-0.39, 0.29) is 11.5 Å². The van der Waals surface area contributed by atoms with E-state index < -0.39 is 0 Å². The van der Waals surface area contributed by atoms with Gasteiger partial charge in [-0.3, -0.25) is 4.90 Å². The molecule has 19 heavy (non-hydrogen) atoms. The first-order valence-electron chi connectivity index (χ1n) is 7.33. The Morgan fingerprint density at radius 2 is 1.95 bits per heavy atom. The third-order valence-corrected chi connectivity index (χ3v) is 5.12. The van der Waals surface area contributed by atoms with Crippen LogP contribution in [0.4, 0.5) is 0 Å². The molecule has 1 aromatic rings. The Morgan fingerprint density at radius 3 is 2.63 bits per heavy atom. The molecule has 0 unspecified atom stereocenters. The van der Waals surface area contributed by atoms with Gasteiger partial charge in [0.2, 0.25) is 0 Å². The standard InChI is InChI=1S/C16H22ClNO/c17-14-6-4-13(5-7-14)11-18-10-2-9-16(12-18)8-1-3-15(16)19/h4-7,15,19H,1-3,8-12H2/t15-,16-/m1/s1. The highest BCUT2D eigenvalue weighted by Gasteiger charge is 2.44. The van der Waals surface area contributed by atoms with Gasteiger partial charge in [0, 0.05) is 23.5 Å². The number of piperidine rings is 1. The molecule has 0 radical (unpaired) electrons. The summed E-state index contributed by atoms with van der Waals surface area (Å²) < 4.78 is 0. The maximum Gasteiger partial charge on any atom is 0.0608 e. The predicted molar refractivity (Wildman–Crippen MR) is 78.3 cm³/mol. The summed E-state index contributed by atoms with van der Waals surface area (Å²) in [6.07, 6.45) is 5.71. The van der Waals surface area contributed by atoms with Gasteiger partial charge in [-0.15, -0.1) is 0 Å². The highest BCUT2D eigenvalue weighted by Crippen LogP contribution is 2.45. The first-order chi connectivity index (χ1) is 9.18. The zero-order valence-corrected chi connectivity index (χ0v) is 12.1. The Hall–Kier alpha value is -0.570. The third kappa shape index (κ3) is 2.81. The smallest absolute Gasteiger partial charge is 0.0608 e. The summed E-state index contributed by atoms with van der Waals surface area (Å²) in [6, 6.07) is 8.13. The van der Waals surface area contributed by atoms with Crippen molar-refractivity contribution in [1.29, 1.82) is 0 Å². The molecule has 1 aliphatic heterocycles. The van der Waals surface area contributed by atoms with Crippen molar-refractivity contribution < 1.29 is 5.11 Å². The number of halogens is 1. The molecular formula is C16H22ClNO. The first-order valence-corrected chi connectivity index (χ1v) is 7.71. The summed E-state index contributed by atoms with van der Waals surface area (Å²) in [7, 11) is 0. The second-order valence-electron chi connectivity index (χ2n) is 6.21. The van der Waals surface area contributed by atoms with Crippen LogP contribution >= 0.6 is 11.6 Å². The number of hydrogen-bond acceptors (Lipinski definition) is 2. The summed E-state index contributed by atoms with van der Waals surface area (Å²) in [5.74, 6) is 0. The van der Waals surface area contributed by atoms with Gasteiger partial charge in [-0.05, 0) is 49.9 Å². The molecule has 1 heterocycles. The van der Waals surface area contributed by atoms with E-state index in [1.165, 1.54) is 31.2 Å². The number of benzene rings is 1. The van der Waals surface area contributed by atoms with Gasteiger partial charge in [-0.2, -0.15) is 0 Å². The fraction of sp³-hybridized carbons (Fsp3) is 0.625. The average Bonchev–Trinajstić information content (AvgIpc) is 2.74. The van der Waals surface area contributed by atoms with Crippen molar-refractivity contribution >= 4 is 11.6 Å². The van der Waals surface area contributed by atoms with Crippen LogP contribution in [-0.2, 0) is 6.54 Å². The van der Waals surface area contributed by atoms with E-state index in [0.29, 0.717) is 0 Å². The van der Waals surface area contributed by atoms with Gasteiger partial charge >= 0.3 is 0 Å². The molecule has 1 aliphatic carbocycles. The molecule has 1 N–H and O–H groups in total. The van der Waals surface area contributed by atoms with Crippen LogP contribution in [0, 0.1) is 5.41 Å². The van der Waals surface area contributed by atoms with E-state index in [1.807, 2.05) is 12.1 Å². The molecule has 3 rings (SSSR count). The summed E-state index contributed by atoms with van der Waals surface area (Å²) in [5, 5.41) is 11.1. The van der Waals surface area contributed by atoms with Crippen LogP contribution in [0.25, 0.3) is 0 Å². The SMILES string of the molecule is O[C@@H]1CCC[C@]12CCCN(Cc1ccc(Cl)cc1)C2. The second kappa shape index (κ2) is 5.43. The molecule has 2 nitrogen and oxygen atoms in total. The maximum atomic E-state index is 10.3. The van der Waals surface area contributed by atoms with E-state index in [4.69, 9.17) is 11.6 Å². The highest BCUT2D eigenvalue weighted by atomic mass is 35.5. The van der Waals surface area contributed by atoms with Crippen LogP contribution in [0.1, 0.15) is 37.7 Å². The van der Waals surface area contributed by atoms with Gasteiger partial charge in [-0.25, -0.2) is 0 Å². The predicted octanol–water partition coefficient (Wildman–Crippen LogP) is 3.47. The first kappa shape index (κ1) is 13.4. The Bertz CT molecular complexity index is 433. The van der Waals surface area contributed by atoms with Gasteiger partial charge < -0.3 is 5.11 Å². The van der Waals surface area contributed by atoms with E-state index in [0.717, 1.165) is 31.1 Å². The molecular weight excluding hydrogens is 258 g/mol. The zero-order valence-electron chi connectivity index (χ0n) is 11.3. The number of hydrogen-bond donors (Lipinski definition) is 1. The molecule has 1 spiro atoms. The molecule has 0 aromatic heterocycles. The van der Waals surface area contributed by atoms with Crippen molar-refractivity contribution in [3.05, 3.63) is 34.9 Å². The Morgan fingerprint density at radius 1 is 1.21 bits per heavy atom. The lowest BCUT2D eigenvalue weighted by Gasteiger charge is -2.42. The monoisotopic (exact) mass is 279 g/mol. The summed E-state index contributed by atoms with van der Waals surface area (Å²) in [4.78, 5) is 2.50. The summed E-state index contributed by atoms with van der Waals surface area (Å²) in [5.41, 5.74) is 1.50. The lowest BCUT2D eigenvalue weighted by molar-refractivity contribution is -0.0120. The number of aliphatic hydroxyl groups excluding tert-OH is 1. The maximum absolute atomic E-state index is 10.3. The van der Waals surface area contributed by atoms with Gasteiger partial charge in [0.25, 0.3) is 0 Å². The van der Waals surface area contributed by atoms with Crippen molar-refractivity contribution in [2.45, 2.75) is 44.8 Å². The minimum atomic E-state index is -0.0829. The lowest BCUT2D eigenvalue weighted by atomic mass is 9.76. The molecule has 1 aromatic carbocycles. The Kier molecular flexibility index (Phi) is 3.84. The Labute approximate surface area is 120 Å². The summed E-state index contributed by atoms with van der Waals surface area (Å²) in [6.45, 7) is 3.18. The van der Waals surface area contributed by atoms with Crippen molar-refractivity contribution in [3.8, 4) is 0 Å². The molecule has 2 aliphatic rings. The number of nitrogens with zero attached hydrogens (tertiary/aromatic N) is 1. The van der Waals surface area contributed by atoms with Gasteiger partial charge in [0.05, 0.1) is 6.10 Å². The van der Waals surface area contributed by atoms with E-state index in [9.17, 15) is 5.11 Å². The van der Waals surface area contributed by atoms with Crippen molar-refractivity contribution in [2.75, 3.05) is 13.1 Å². The minimum Gasteiger partial charge on any atom is -0.393 e. The van der Waals surface area contributed by atoms with Crippen molar-refractivity contribution in [3.63, 3.8) is 0 Å². The quantitative estimate of drug-likeness (QED) is 0.896. The molecule has 2 atom stereocenters. The van der Waals surface area contributed by atoms with Crippen molar-refractivity contribution in [2.24, 2.45) is 5.41 Å². The van der Waals surface area contributed by atoms with Crippen LogP contribution in [0.3, 0.4) is 0 Å². The van der Waals surface area contributed by atoms with Crippen LogP contribution in [0.5, 0.6) is 0 Å². The second-order valence-corrected chi connectivity index (χ2v) is 6.65. The Balaban J connectivity index is 1.67. The van der Waals surface area contributed by atoms with E-state index in [2.05, 4.69) is 17.0 Å². The molecule has 3 heteroatoms. The molecule has 0 amide bonds. The van der Waals surface area contributed by atoms with Gasteiger partial charge in [0.1, 0.15) is 0 Å². The van der Waals surface area contributed by atoms with E-state index >= 15 is 0 Å². The fourth-order valence-electron chi connectivity index (χ4n) is 3.84. The average molecular weight is 280 g/mol. The van der Waals surface area contributed by atoms with Crippen LogP contribution in [0.2, 0.25) is 5.02 Å². The highest BCUT2D eigenvalue weighted by molar-refractivity contribution is 6.30. The lowest BCUT2D eigenvalue weighted by Crippen LogP contribution is -2.46. The topological polar surface area (TPSA) is 23.5 Å². The van der Waals surface area contributed by atoms with Crippen LogP contribution in [-0.4, -0.2) is 29.2 Å². The zero-order chi connectivity index (χ0) is 13.3. The number of likely N-dealkylation sites (tertiary alicyclic amines) is 1. The van der Waals surface area contributed by atoms with Crippen molar-refractivity contribution in [1.82, 2.24) is 4.90 Å². The molecule has 2 fully saturated rings. The number of rotatable bonds is 2. The summed E-state index contributed by atoms with van der Waals surface area (Å²) >= 11 is 5.93. The molecule has 1 saturated carbocycles. The molecule has 1 saturated heterocycles.